The van der Waals surface area contributed by atoms with E-state index in [0.717, 1.165) is 25.7 Å². The summed E-state index contributed by atoms with van der Waals surface area (Å²) in [6, 6.07) is -0.0396. The first-order valence-corrected chi connectivity index (χ1v) is 8.22. The number of aromatic nitrogens is 2. The molecule has 7 nitrogen and oxygen atoms in total. The lowest BCUT2D eigenvalue weighted by Gasteiger charge is -2.23. The van der Waals surface area contributed by atoms with Crippen molar-refractivity contribution in [3.63, 3.8) is 0 Å². The van der Waals surface area contributed by atoms with Gasteiger partial charge in [0.25, 0.3) is 0 Å². The van der Waals surface area contributed by atoms with Crippen molar-refractivity contribution in [1.29, 1.82) is 0 Å². The number of likely N-dealkylation sites (tertiary alicyclic amines) is 1. The van der Waals surface area contributed by atoms with Crippen molar-refractivity contribution in [1.82, 2.24) is 20.0 Å². The lowest BCUT2D eigenvalue weighted by molar-refractivity contribution is -0.131. The van der Waals surface area contributed by atoms with E-state index in [-0.39, 0.29) is 36.2 Å². The molecule has 0 bridgehead atoms. The molecular weight excluding hydrogens is 330 g/mol. The quantitative estimate of drug-likeness (QED) is 0.749. The number of carbonyl (C=O) groups is 2. The highest BCUT2D eigenvalue weighted by atomic mass is 35.5. The van der Waals surface area contributed by atoms with Gasteiger partial charge in [-0.05, 0) is 31.2 Å². The first-order chi connectivity index (χ1) is 11.0. The minimum atomic E-state index is -0.161. The lowest BCUT2D eigenvalue weighted by Crippen LogP contribution is -2.42. The zero-order chi connectivity index (χ0) is 16.8. The van der Waals surface area contributed by atoms with Crippen molar-refractivity contribution in [2.24, 2.45) is 18.7 Å². The maximum absolute atomic E-state index is 12.3. The van der Waals surface area contributed by atoms with Gasteiger partial charge in [0.15, 0.2) is 0 Å². The molecule has 0 spiro atoms. The molecular formula is C16H28ClN5O2. The summed E-state index contributed by atoms with van der Waals surface area (Å²) in [5, 5.41) is 7.11. The Labute approximate surface area is 149 Å². The van der Waals surface area contributed by atoms with Crippen LogP contribution in [-0.2, 0) is 23.1 Å². The first kappa shape index (κ1) is 20.4. The smallest absolute Gasteiger partial charge is 0.224 e. The number of hydrogen-bond donors (Lipinski definition) is 2. The van der Waals surface area contributed by atoms with Gasteiger partial charge in [-0.2, -0.15) is 5.10 Å². The molecule has 1 aliphatic rings. The van der Waals surface area contributed by atoms with Crippen LogP contribution >= 0.6 is 12.4 Å². The third-order valence-electron chi connectivity index (χ3n) is 4.30. The van der Waals surface area contributed by atoms with Crippen molar-refractivity contribution in [3.05, 3.63) is 18.0 Å². The zero-order valence-electron chi connectivity index (χ0n) is 14.4. The Kier molecular flexibility index (Phi) is 8.21. The Morgan fingerprint density at radius 3 is 2.75 bits per heavy atom. The predicted molar refractivity (Wildman–Crippen MR) is 94.7 cm³/mol. The van der Waals surface area contributed by atoms with Gasteiger partial charge < -0.3 is 16.0 Å². The highest BCUT2D eigenvalue weighted by Crippen LogP contribution is 2.16. The summed E-state index contributed by atoms with van der Waals surface area (Å²) < 4.78 is 1.78. The lowest BCUT2D eigenvalue weighted by atomic mass is 10.0. The highest BCUT2D eigenvalue weighted by molar-refractivity contribution is 5.85. The number of nitrogens with two attached hydrogens (primary N) is 1. The van der Waals surface area contributed by atoms with Crippen LogP contribution in [0.15, 0.2) is 12.4 Å². The molecule has 8 heteroatoms. The van der Waals surface area contributed by atoms with E-state index in [4.69, 9.17) is 5.73 Å². The molecule has 1 saturated heterocycles. The summed E-state index contributed by atoms with van der Waals surface area (Å²) in [5.41, 5.74) is 7.15. The van der Waals surface area contributed by atoms with E-state index in [1.165, 1.54) is 12.5 Å². The Hall–Kier alpha value is -1.60. The van der Waals surface area contributed by atoms with Crippen LogP contribution in [0, 0.1) is 5.92 Å². The third kappa shape index (κ3) is 6.13. The van der Waals surface area contributed by atoms with Gasteiger partial charge >= 0.3 is 0 Å². The Morgan fingerprint density at radius 2 is 2.12 bits per heavy atom. The van der Waals surface area contributed by atoms with E-state index in [2.05, 4.69) is 10.4 Å². The first-order valence-electron chi connectivity index (χ1n) is 8.22. The van der Waals surface area contributed by atoms with E-state index in [1.807, 2.05) is 19.4 Å². The van der Waals surface area contributed by atoms with Crippen molar-refractivity contribution in [2.45, 2.75) is 38.6 Å². The molecule has 0 unspecified atom stereocenters. The molecule has 136 valence electrons. The summed E-state index contributed by atoms with van der Waals surface area (Å²) in [6.45, 7) is 3.18. The Balaban J connectivity index is 0.00000288. The topological polar surface area (TPSA) is 93.2 Å². The van der Waals surface area contributed by atoms with Gasteiger partial charge in [-0.1, -0.05) is 0 Å². The number of amides is 2. The molecule has 2 rings (SSSR count). The number of aryl methyl sites for hydroxylation is 2. The van der Waals surface area contributed by atoms with Crippen molar-refractivity contribution in [2.75, 3.05) is 19.6 Å². The largest absolute Gasteiger partial charge is 0.356 e. The minimum absolute atomic E-state index is 0. The van der Waals surface area contributed by atoms with E-state index >= 15 is 0 Å². The number of halogens is 1. The second-order valence-corrected chi connectivity index (χ2v) is 6.38. The molecule has 1 aliphatic heterocycles. The van der Waals surface area contributed by atoms with E-state index in [1.54, 1.807) is 9.58 Å². The van der Waals surface area contributed by atoms with Crippen LogP contribution in [0.5, 0.6) is 0 Å². The van der Waals surface area contributed by atoms with Gasteiger partial charge in [-0.25, -0.2) is 0 Å². The van der Waals surface area contributed by atoms with Gasteiger partial charge in [-0.3, -0.25) is 14.3 Å². The Morgan fingerprint density at radius 1 is 1.38 bits per heavy atom. The van der Waals surface area contributed by atoms with Crippen LogP contribution in [0.4, 0.5) is 0 Å². The molecule has 2 amide bonds. The number of nitrogens with zero attached hydrogens (tertiary/aromatic N) is 3. The van der Waals surface area contributed by atoms with Gasteiger partial charge in [0.1, 0.15) is 0 Å². The molecule has 2 atom stereocenters. The molecule has 24 heavy (non-hydrogen) atoms. The average molecular weight is 358 g/mol. The minimum Gasteiger partial charge on any atom is -0.356 e. The van der Waals surface area contributed by atoms with Crippen LogP contribution in [0.2, 0.25) is 0 Å². The molecule has 0 aliphatic carbocycles. The number of carbonyl (C=O) groups excluding carboxylic acids is 2. The van der Waals surface area contributed by atoms with Gasteiger partial charge in [0.05, 0.1) is 12.1 Å². The van der Waals surface area contributed by atoms with Crippen molar-refractivity contribution in [3.8, 4) is 0 Å². The average Bonchev–Trinajstić information content (AvgIpc) is 2.80. The van der Waals surface area contributed by atoms with Crippen molar-refractivity contribution >= 4 is 24.2 Å². The van der Waals surface area contributed by atoms with Crippen LogP contribution < -0.4 is 11.1 Å². The van der Waals surface area contributed by atoms with Crippen LogP contribution in [-0.4, -0.2) is 52.2 Å². The molecule has 3 N–H and O–H groups in total. The van der Waals surface area contributed by atoms with E-state index < -0.39 is 0 Å². The fourth-order valence-corrected chi connectivity index (χ4v) is 2.94. The molecule has 2 heterocycles. The summed E-state index contributed by atoms with van der Waals surface area (Å²) >= 11 is 0. The SMILES string of the molecule is CC(=O)N1C[C@@H](N)CC[C@@H](C(=O)NCCCc2cnn(C)c2)C1.Cl. The summed E-state index contributed by atoms with van der Waals surface area (Å²) in [4.78, 5) is 25.6. The van der Waals surface area contributed by atoms with Crippen LogP contribution in [0.25, 0.3) is 0 Å². The fourth-order valence-electron chi connectivity index (χ4n) is 2.94. The standard InChI is InChI=1S/C16H27N5O2.ClH/c1-12(22)21-10-14(5-6-15(17)11-21)16(23)18-7-3-4-13-8-19-20(2)9-13;/h8-9,14-15H,3-7,10-11,17H2,1-2H3,(H,18,23);1H/t14-,15+;/m1./s1. The van der Waals surface area contributed by atoms with E-state index in [9.17, 15) is 9.59 Å². The summed E-state index contributed by atoms with van der Waals surface area (Å²) in [5.74, 6) is -0.154. The maximum Gasteiger partial charge on any atom is 0.224 e. The number of rotatable bonds is 5. The van der Waals surface area contributed by atoms with Crippen molar-refractivity contribution < 1.29 is 9.59 Å². The number of nitrogens with one attached hydrogen (secondary N) is 1. The van der Waals surface area contributed by atoms with Gasteiger partial charge in [-0.15, -0.1) is 12.4 Å². The normalized spacial score (nSPS) is 20.9. The van der Waals surface area contributed by atoms with Gasteiger partial charge in [0, 0.05) is 45.8 Å². The van der Waals surface area contributed by atoms with Crippen LogP contribution in [0.1, 0.15) is 31.7 Å². The fraction of sp³-hybridized carbons (Fsp3) is 0.688. The van der Waals surface area contributed by atoms with E-state index in [0.29, 0.717) is 19.6 Å². The molecule has 0 radical (unpaired) electrons. The molecule has 1 aromatic heterocycles. The number of hydrogen-bond acceptors (Lipinski definition) is 4. The maximum atomic E-state index is 12.3. The summed E-state index contributed by atoms with van der Waals surface area (Å²) in [7, 11) is 1.89. The summed E-state index contributed by atoms with van der Waals surface area (Å²) in [6.07, 6.45) is 7.11. The second kappa shape index (κ2) is 9.64. The monoisotopic (exact) mass is 357 g/mol. The molecule has 0 aromatic carbocycles. The molecule has 1 aromatic rings. The zero-order valence-corrected chi connectivity index (χ0v) is 15.2. The molecule has 1 fully saturated rings. The third-order valence-corrected chi connectivity index (χ3v) is 4.30. The van der Waals surface area contributed by atoms with Crippen LogP contribution in [0.3, 0.4) is 0 Å². The highest BCUT2D eigenvalue weighted by Gasteiger charge is 2.27. The van der Waals surface area contributed by atoms with Gasteiger partial charge in [0.2, 0.25) is 11.8 Å². The Bertz CT molecular complexity index is 548. The second-order valence-electron chi connectivity index (χ2n) is 6.38. The predicted octanol–water partition coefficient (Wildman–Crippen LogP) is 0.477. The molecule has 0 saturated carbocycles.